The van der Waals surface area contributed by atoms with E-state index in [9.17, 15) is 18.5 Å². The predicted octanol–water partition coefficient (Wildman–Crippen LogP) is 3.93. The second-order valence-corrected chi connectivity index (χ2v) is 12.8. The number of amides is 1. The van der Waals surface area contributed by atoms with E-state index in [0.29, 0.717) is 12.2 Å². The molecule has 1 aromatic heterocycles. The molecule has 1 amide bonds. The molecule has 0 aliphatic rings. The van der Waals surface area contributed by atoms with Gasteiger partial charge in [0, 0.05) is 42.4 Å². The molecule has 208 valence electrons. The second-order valence-electron chi connectivity index (χ2n) is 11.0. The van der Waals surface area contributed by atoms with Crippen molar-refractivity contribution in [2.24, 2.45) is 7.05 Å². The summed E-state index contributed by atoms with van der Waals surface area (Å²) in [5, 5.41) is 12.4. The summed E-state index contributed by atoms with van der Waals surface area (Å²) in [5.74, 6) is 0.976. The quantitative estimate of drug-likeness (QED) is 0.393. The lowest BCUT2D eigenvalue weighted by molar-refractivity contribution is 0.0937. The van der Waals surface area contributed by atoms with Gasteiger partial charge in [0.05, 0.1) is 23.6 Å². The van der Waals surface area contributed by atoms with Crippen molar-refractivity contribution in [3.63, 3.8) is 0 Å². The summed E-state index contributed by atoms with van der Waals surface area (Å²) in [5.41, 5.74) is 3.21. The van der Waals surface area contributed by atoms with Gasteiger partial charge in [-0.15, -0.1) is 0 Å². The zero-order valence-electron chi connectivity index (χ0n) is 23.6. The minimum absolute atomic E-state index is 0.0150. The van der Waals surface area contributed by atoms with Gasteiger partial charge in [-0.25, -0.2) is 18.1 Å². The number of carbonyl (C=O) groups is 1. The fourth-order valence-electron chi connectivity index (χ4n) is 4.21. The molecule has 0 unspecified atom stereocenters. The summed E-state index contributed by atoms with van der Waals surface area (Å²) in [6, 6.07) is 14.0. The fraction of sp³-hybridized carbons (Fsp3) is 0.414. The molecule has 1 atom stereocenters. The molecule has 3 rings (SSSR count). The van der Waals surface area contributed by atoms with Gasteiger partial charge in [-0.3, -0.25) is 4.79 Å². The molecule has 9 nitrogen and oxygen atoms in total. The van der Waals surface area contributed by atoms with Crippen LogP contribution in [0.1, 0.15) is 61.9 Å². The molecular formula is C29H37N5O4S. The van der Waals surface area contributed by atoms with Crippen LogP contribution in [0.15, 0.2) is 48.7 Å². The van der Waals surface area contributed by atoms with Gasteiger partial charge in [0.15, 0.2) is 0 Å². The largest absolute Gasteiger partial charge is 0.490 e. The van der Waals surface area contributed by atoms with E-state index in [4.69, 9.17) is 9.72 Å². The van der Waals surface area contributed by atoms with Gasteiger partial charge in [-0.05, 0) is 44.0 Å². The number of ether oxygens (including phenoxy) is 1. The standard InChI is InChI=1S/C29H37N5O4S/c1-19(2)38-26-13-12-22(15-23(26)16-30)27(35)32-24(17-31-39(7,36)37)14-20-8-10-21(11-9-20)25-18-34(6)28(33-25)29(3,4)5/h8-13,15,18-19,24,31H,14,17H2,1-7H3,(H,32,35)/t24-/m0/s1. The van der Waals surface area contributed by atoms with Crippen molar-refractivity contribution < 1.29 is 17.9 Å². The number of hydrogen-bond acceptors (Lipinski definition) is 6. The van der Waals surface area contributed by atoms with Crippen LogP contribution in [-0.2, 0) is 28.9 Å². The molecule has 0 aliphatic carbocycles. The summed E-state index contributed by atoms with van der Waals surface area (Å²) in [4.78, 5) is 17.9. The summed E-state index contributed by atoms with van der Waals surface area (Å²) in [6.45, 7) is 10.1. The van der Waals surface area contributed by atoms with Crippen molar-refractivity contribution in [3.05, 3.63) is 71.2 Å². The number of nitriles is 1. The molecule has 0 radical (unpaired) electrons. The topological polar surface area (TPSA) is 126 Å². The highest BCUT2D eigenvalue weighted by atomic mass is 32.2. The zero-order chi connectivity index (χ0) is 29.0. The molecule has 3 aromatic rings. The molecular weight excluding hydrogens is 514 g/mol. The summed E-state index contributed by atoms with van der Waals surface area (Å²) in [6.07, 6.45) is 3.35. The van der Waals surface area contributed by atoms with E-state index >= 15 is 0 Å². The first-order valence-electron chi connectivity index (χ1n) is 12.8. The fourth-order valence-corrected chi connectivity index (χ4v) is 4.71. The highest BCUT2D eigenvalue weighted by Gasteiger charge is 2.21. The minimum atomic E-state index is -3.47. The Labute approximate surface area is 231 Å². The molecule has 0 spiro atoms. The van der Waals surface area contributed by atoms with E-state index in [1.807, 2.05) is 55.9 Å². The van der Waals surface area contributed by atoms with E-state index in [2.05, 4.69) is 36.9 Å². The van der Waals surface area contributed by atoms with Crippen LogP contribution in [0.25, 0.3) is 11.3 Å². The number of hydrogen-bond donors (Lipinski definition) is 2. The number of nitrogens with one attached hydrogen (secondary N) is 2. The van der Waals surface area contributed by atoms with Crippen molar-refractivity contribution in [2.45, 2.75) is 58.6 Å². The maximum absolute atomic E-state index is 13.1. The molecule has 0 aliphatic heterocycles. The first kappa shape index (κ1) is 29.9. The second kappa shape index (κ2) is 12.0. The number of benzene rings is 2. The van der Waals surface area contributed by atoms with Gasteiger partial charge in [-0.2, -0.15) is 5.26 Å². The van der Waals surface area contributed by atoms with Gasteiger partial charge in [-0.1, -0.05) is 45.0 Å². The van der Waals surface area contributed by atoms with E-state index in [1.54, 1.807) is 12.1 Å². The molecule has 2 N–H and O–H groups in total. The van der Waals surface area contributed by atoms with Gasteiger partial charge < -0.3 is 14.6 Å². The molecule has 1 heterocycles. The van der Waals surface area contributed by atoms with Crippen LogP contribution in [-0.4, -0.2) is 48.8 Å². The maximum atomic E-state index is 13.1. The van der Waals surface area contributed by atoms with Gasteiger partial charge in [0.2, 0.25) is 10.0 Å². The van der Waals surface area contributed by atoms with Crippen molar-refractivity contribution in [3.8, 4) is 23.1 Å². The van der Waals surface area contributed by atoms with Crippen molar-refractivity contribution >= 4 is 15.9 Å². The monoisotopic (exact) mass is 551 g/mol. The molecule has 2 aromatic carbocycles. The van der Waals surface area contributed by atoms with Crippen molar-refractivity contribution in [1.82, 2.24) is 19.6 Å². The Bertz CT molecular complexity index is 1460. The number of carbonyl (C=O) groups excluding carboxylic acids is 1. The number of sulfonamides is 1. The first-order valence-corrected chi connectivity index (χ1v) is 14.6. The third-order valence-electron chi connectivity index (χ3n) is 5.93. The lowest BCUT2D eigenvalue weighted by Crippen LogP contribution is -2.44. The molecule has 0 saturated heterocycles. The lowest BCUT2D eigenvalue weighted by Gasteiger charge is -2.20. The Hall–Kier alpha value is -3.68. The number of nitrogens with zero attached hydrogens (tertiary/aromatic N) is 3. The Kier molecular flexibility index (Phi) is 9.20. The normalized spacial score (nSPS) is 12.7. The van der Waals surface area contributed by atoms with E-state index < -0.39 is 22.0 Å². The summed E-state index contributed by atoms with van der Waals surface area (Å²) < 4.78 is 33.7. The van der Waals surface area contributed by atoms with Crippen molar-refractivity contribution in [1.29, 1.82) is 5.26 Å². The number of imidazole rings is 1. The molecule has 0 bridgehead atoms. The van der Waals surface area contributed by atoms with Crippen LogP contribution in [0.5, 0.6) is 5.75 Å². The Morgan fingerprint density at radius 2 is 1.82 bits per heavy atom. The molecule has 0 fully saturated rings. The maximum Gasteiger partial charge on any atom is 0.251 e. The smallest absolute Gasteiger partial charge is 0.251 e. The van der Waals surface area contributed by atoms with Crippen LogP contribution in [0.4, 0.5) is 0 Å². The molecule has 10 heteroatoms. The van der Waals surface area contributed by atoms with Crippen LogP contribution in [0, 0.1) is 11.3 Å². The number of rotatable bonds is 10. The Balaban J connectivity index is 1.79. The average Bonchev–Trinajstić information content (AvgIpc) is 3.24. The number of aryl methyl sites for hydroxylation is 1. The van der Waals surface area contributed by atoms with Crippen LogP contribution in [0.3, 0.4) is 0 Å². The third-order valence-corrected chi connectivity index (χ3v) is 6.62. The average molecular weight is 552 g/mol. The minimum Gasteiger partial charge on any atom is -0.490 e. The van der Waals surface area contributed by atoms with Crippen molar-refractivity contribution in [2.75, 3.05) is 12.8 Å². The van der Waals surface area contributed by atoms with Gasteiger partial charge >= 0.3 is 0 Å². The zero-order valence-corrected chi connectivity index (χ0v) is 24.4. The Morgan fingerprint density at radius 1 is 1.15 bits per heavy atom. The summed E-state index contributed by atoms with van der Waals surface area (Å²) >= 11 is 0. The van der Waals surface area contributed by atoms with Gasteiger partial charge in [0.25, 0.3) is 5.91 Å². The Morgan fingerprint density at radius 3 is 2.36 bits per heavy atom. The summed E-state index contributed by atoms with van der Waals surface area (Å²) in [7, 11) is -1.48. The highest BCUT2D eigenvalue weighted by molar-refractivity contribution is 7.88. The lowest BCUT2D eigenvalue weighted by atomic mass is 9.96. The van der Waals surface area contributed by atoms with Crippen LogP contribution in [0.2, 0.25) is 0 Å². The first-order chi connectivity index (χ1) is 18.2. The van der Waals surface area contributed by atoms with Gasteiger partial charge in [0.1, 0.15) is 17.6 Å². The highest BCUT2D eigenvalue weighted by Crippen LogP contribution is 2.26. The number of aromatic nitrogens is 2. The molecule has 0 saturated carbocycles. The SMILES string of the molecule is CC(C)Oc1ccc(C(=O)N[C@H](CNS(C)(=O)=O)Cc2ccc(-c3cn(C)c(C(C)(C)C)n3)cc2)cc1C#N. The predicted molar refractivity (Wildman–Crippen MR) is 152 cm³/mol. The van der Waals surface area contributed by atoms with Crippen LogP contribution >= 0.6 is 0 Å². The van der Waals surface area contributed by atoms with E-state index in [1.165, 1.54) is 6.07 Å². The molecule has 39 heavy (non-hydrogen) atoms. The van der Waals surface area contributed by atoms with Crippen LogP contribution < -0.4 is 14.8 Å². The third kappa shape index (κ3) is 8.40. The van der Waals surface area contributed by atoms with E-state index in [0.717, 1.165) is 28.9 Å². The van der Waals surface area contributed by atoms with E-state index in [-0.39, 0.29) is 29.2 Å².